The number of hydrazine groups is 2. The summed E-state index contributed by atoms with van der Waals surface area (Å²) in [6.45, 7) is 0. The molecule has 1 aliphatic heterocycles. The molecule has 198 valence electrons. The van der Waals surface area contributed by atoms with Crippen molar-refractivity contribution in [1.82, 2.24) is 15.4 Å². The van der Waals surface area contributed by atoms with Crippen LogP contribution in [-0.2, 0) is 24.5 Å². The summed E-state index contributed by atoms with van der Waals surface area (Å²) in [6.07, 6.45) is -2.31. The molecule has 0 radical (unpaired) electrons. The summed E-state index contributed by atoms with van der Waals surface area (Å²) in [5.41, 5.74) is 1.86. The number of nitrogens with zero attached hydrogens (tertiary/aromatic N) is 3. The van der Waals surface area contributed by atoms with Crippen LogP contribution in [0.5, 0.6) is 5.75 Å². The first-order chi connectivity index (χ1) is 17.8. The lowest BCUT2D eigenvalue weighted by Gasteiger charge is -2.53. The van der Waals surface area contributed by atoms with Crippen molar-refractivity contribution in [3.8, 4) is 5.75 Å². The van der Waals surface area contributed by atoms with E-state index in [1.807, 2.05) is 6.07 Å². The van der Waals surface area contributed by atoms with E-state index in [-0.39, 0.29) is 5.69 Å². The molecule has 2 aromatic carbocycles. The first-order valence-electron chi connectivity index (χ1n) is 11.4. The number of ether oxygens (including phenoxy) is 5. The number of methoxy groups -OCH3 is 5. The van der Waals surface area contributed by atoms with E-state index >= 15 is 0 Å². The Morgan fingerprint density at radius 2 is 1.68 bits per heavy atom. The number of hydrogen-bond donors (Lipinski definition) is 1. The minimum atomic E-state index is -1.36. The molecule has 1 saturated carbocycles. The van der Waals surface area contributed by atoms with Gasteiger partial charge in [0.15, 0.2) is 0 Å². The van der Waals surface area contributed by atoms with Gasteiger partial charge in [-0.05, 0) is 42.8 Å². The molecule has 13 nitrogen and oxygen atoms in total. The number of fused-ring (bicyclic) bond motifs is 5. The van der Waals surface area contributed by atoms with Gasteiger partial charge in [0.25, 0.3) is 0 Å². The molecule has 0 saturated heterocycles. The fraction of sp³-hybridized carbons (Fsp3) is 0.417. The molecule has 2 aliphatic rings. The zero-order valence-electron chi connectivity index (χ0n) is 21.1. The van der Waals surface area contributed by atoms with Crippen molar-refractivity contribution >= 4 is 40.8 Å². The number of nitrogens with one attached hydrogen (secondary N) is 1. The first-order valence-corrected chi connectivity index (χ1v) is 11.4. The molecule has 0 spiro atoms. The predicted molar refractivity (Wildman–Crippen MR) is 129 cm³/mol. The van der Waals surface area contributed by atoms with Crippen LogP contribution >= 0.6 is 0 Å². The number of rotatable bonds is 2. The fourth-order valence-corrected chi connectivity index (χ4v) is 5.34. The van der Waals surface area contributed by atoms with Crippen molar-refractivity contribution in [1.29, 1.82) is 0 Å². The van der Waals surface area contributed by atoms with E-state index in [9.17, 15) is 19.2 Å². The molecule has 2 atom stereocenters. The normalized spacial score (nSPS) is 19.9. The van der Waals surface area contributed by atoms with Crippen molar-refractivity contribution in [2.75, 3.05) is 40.6 Å². The van der Waals surface area contributed by atoms with Gasteiger partial charge in [-0.1, -0.05) is 12.1 Å². The number of amides is 4. The average molecular weight is 517 g/mol. The van der Waals surface area contributed by atoms with Crippen LogP contribution in [0.1, 0.15) is 24.8 Å². The van der Waals surface area contributed by atoms with E-state index in [1.165, 1.54) is 28.4 Å². The zero-order chi connectivity index (χ0) is 26.9. The molecule has 37 heavy (non-hydrogen) atoms. The molecular formula is C24H28N4O9. The minimum absolute atomic E-state index is 0.274. The van der Waals surface area contributed by atoms with E-state index in [0.717, 1.165) is 22.1 Å². The Morgan fingerprint density at radius 3 is 2.30 bits per heavy atom. The standard InChI is InChI=1S/C24H28N4O9/c1-33-15-9-10-16-14(13-15)8-11-17-19(16)27(22(31)36-4)26(21(30)35-3)18-7-6-12-24(17,18)28(23(32)37-5)25-20(29)34-2/h8-11,13,18H,6-7,12H2,1-5H3,(H,25,29). The highest BCUT2D eigenvalue weighted by atomic mass is 16.6. The number of carbonyl (C=O) groups excluding carboxylic acids is 4. The second-order valence-corrected chi connectivity index (χ2v) is 8.39. The van der Waals surface area contributed by atoms with Gasteiger partial charge in [0.05, 0.1) is 47.3 Å². The van der Waals surface area contributed by atoms with E-state index in [0.29, 0.717) is 41.3 Å². The van der Waals surface area contributed by atoms with Gasteiger partial charge in [-0.15, -0.1) is 0 Å². The second kappa shape index (κ2) is 9.91. The SMILES string of the molecule is COC(=O)NN(C(=O)OC)C12CCCC1N(C(=O)OC)N(C(=O)OC)c1c2ccc2cc(OC)ccc12. The summed E-state index contributed by atoms with van der Waals surface area (Å²) < 4.78 is 25.3. The molecule has 2 unspecified atom stereocenters. The zero-order valence-corrected chi connectivity index (χ0v) is 21.1. The monoisotopic (exact) mass is 516 g/mol. The van der Waals surface area contributed by atoms with Crippen molar-refractivity contribution in [2.45, 2.75) is 30.8 Å². The van der Waals surface area contributed by atoms with Gasteiger partial charge in [0, 0.05) is 10.9 Å². The van der Waals surface area contributed by atoms with Crippen LogP contribution in [0.3, 0.4) is 0 Å². The Morgan fingerprint density at radius 1 is 0.946 bits per heavy atom. The van der Waals surface area contributed by atoms with Crippen LogP contribution in [0, 0.1) is 0 Å². The lowest BCUT2D eigenvalue weighted by Crippen LogP contribution is -2.71. The number of anilines is 1. The molecule has 1 fully saturated rings. The maximum Gasteiger partial charge on any atom is 0.433 e. The summed E-state index contributed by atoms with van der Waals surface area (Å²) >= 11 is 0. The van der Waals surface area contributed by atoms with Gasteiger partial charge in [-0.2, -0.15) is 5.01 Å². The Bertz CT molecular complexity index is 1250. The van der Waals surface area contributed by atoms with Crippen LogP contribution in [-0.4, -0.2) is 76.0 Å². The number of hydrogen-bond acceptors (Lipinski definition) is 9. The van der Waals surface area contributed by atoms with Gasteiger partial charge < -0.3 is 23.7 Å². The molecule has 2 aromatic rings. The molecule has 0 aromatic heterocycles. The van der Waals surface area contributed by atoms with Gasteiger partial charge in [0.1, 0.15) is 11.3 Å². The quantitative estimate of drug-likeness (QED) is 0.470. The molecule has 1 heterocycles. The van der Waals surface area contributed by atoms with Crippen LogP contribution < -0.4 is 15.2 Å². The second-order valence-electron chi connectivity index (χ2n) is 8.39. The first kappa shape index (κ1) is 25.7. The summed E-state index contributed by atoms with van der Waals surface area (Å²) in [6, 6.07) is 7.92. The third-order valence-electron chi connectivity index (χ3n) is 6.83. The number of carbonyl (C=O) groups is 4. The highest BCUT2D eigenvalue weighted by molar-refractivity contribution is 6.05. The third-order valence-corrected chi connectivity index (χ3v) is 6.83. The Balaban J connectivity index is 2.12. The molecule has 1 N–H and O–H groups in total. The topological polar surface area (TPSA) is 136 Å². The molecule has 4 amide bonds. The van der Waals surface area contributed by atoms with E-state index in [1.54, 1.807) is 24.3 Å². The fourth-order valence-electron chi connectivity index (χ4n) is 5.34. The maximum atomic E-state index is 13.3. The third kappa shape index (κ3) is 3.86. The molecule has 4 rings (SSSR count). The molecule has 0 bridgehead atoms. The van der Waals surface area contributed by atoms with Crippen molar-refractivity contribution < 1.29 is 42.9 Å². The molecule has 13 heteroatoms. The Hall–Kier alpha value is -4.42. The van der Waals surface area contributed by atoms with Crippen molar-refractivity contribution in [3.63, 3.8) is 0 Å². The highest BCUT2D eigenvalue weighted by Crippen LogP contribution is 2.55. The lowest BCUT2D eigenvalue weighted by atomic mass is 9.79. The molecular weight excluding hydrogens is 488 g/mol. The van der Waals surface area contributed by atoms with E-state index in [2.05, 4.69) is 5.43 Å². The van der Waals surface area contributed by atoms with Crippen LogP contribution in [0.15, 0.2) is 30.3 Å². The highest BCUT2D eigenvalue weighted by Gasteiger charge is 2.62. The minimum Gasteiger partial charge on any atom is -0.497 e. The summed E-state index contributed by atoms with van der Waals surface area (Å²) in [5.74, 6) is 0.578. The Labute approximate surface area is 212 Å². The summed E-state index contributed by atoms with van der Waals surface area (Å²) in [5, 5.41) is 4.51. The van der Waals surface area contributed by atoms with Crippen molar-refractivity contribution in [2.24, 2.45) is 0 Å². The lowest BCUT2D eigenvalue weighted by molar-refractivity contribution is -0.0244. The van der Waals surface area contributed by atoms with Gasteiger partial charge in [0.2, 0.25) is 0 Å². The van der Waals surface area contributed by atoms with Crippen LogP contribution in [0.25, 0.3) is 10.8 Å². The van der Waals surface area contributed by atoms with Gasteiger partial charge >= 0.3 is 24.4 Å². The summed E-state index contributed by atoms with van der Waals surface area (Å²) in [4.78, 5) is 52.0. The van der Waals surface area contributed by atoms with E-state index in [4.69, 9.17) is 23.7 Å². The maximum absolute atomic E-state index is 13.3. The Kier molecular flexibility index (Phi) is 6.88. The summed E-state index contributed by atoms with van der Waals surface area (Å²) in [7, 11) is 6.24. The smallest absolute Gasteiger partial charge is 0.433 e. The van der Waals surface area contributed by atoms with Gasteiger partial charge in [-0.25, -0.2) is 34.6 Å². The predicted octanol–water partition coefficient (Wildman–Crippen LogP) is 3.51. The van der Waals surface area contributed by atoms with Crippen LogP contribution in [0.4, 0.5) is 24.9 Å². The van der Waals surface area contributed by atoms with Gasteiger partial charge in [-0.3, -0.25) is 0 Å². The molecule has 1 aliphatic carbocycles. The van der Waals surface area contributed by atoms with Crippen molar-refractivity contribution in [3.05, 3.63) is 35.9 Å². The number of benzene rings is 2. The van der Waals surface area contributed by atoms with Crippen LogP contribution in [0.2, 0.25) is 0 Å². The average Bonchev–Trinajstić information content (AvgIpc) is 3.38. The largest absolute Gasteiger partial charge is 0.497 e. The van der Waals surface area contributed by atoms with E-state index < -0.39 is 36.0 Å².